The van der Waals surface area contributed by atoms with Crippen LogP contribution in [-0.4, -0.2) is 27.2 Å². The molecular weight excluding hydrogens is 268 g/mol. The summed E-state index contributed by atoms with van der Waals surface area (Å²) in [7, 11) is 4.09. The van der Waals surface area contributed by atoms with Crippen molar-refractivity contribution in [3.8, 4) is 0 Å². The minimum absolute atomic E-state index is 1.19. The molecule has 0 radical (unpaired) electrons. The molecule has 0 heterocycles. The Hall–Kier alpha value is -0.0800. The van der Waals surface area contributed by atoms with Crippen molar-refractivity contribution in [2.45, 2.75) is 103 Å². The van der Waals surface area contributed by atoms with E-state index in [-0.39, 0.29) is 0 Å². The summed E-state index contributed by atoms with van der Waals surface area (Å²) in [5.41, 5.74) is 0. The lowest BCUT2D eigenvalue weighted by Crippen LogP contribution is -2.06. The molecule has 0 fully saturated rings. The van der Waals surface area contributed by atoms with Gasteiger partial charge in [-0.15, -0.1) is 0 Å². The molecule has 0 rings (SSSR count). The maximum Gasteiger partial charge on any atom is -0.00519 e. The Kier molecular flexibility index (Phi) is 20.8. The van der Waals surface area contributed by atoms with Crippen LogP contribution in [0.25, 0.3) is 0 Å². The molecule has 0 saturated carbocycles. The van der Waals surface area contributed by atoms with Crippen LogP contribution in [0.3, 0.4) is 0 Å². The highest BCUT2D eigenvalue weighted by Gasteiger charge is 1.94. The molecule has 0 bridgehead atoms. The summed E-state index contributed by atoms with van der Waals surface area (Å²) in [5.74, 6) is 0. The molecule has 0 unspecified atom stereocenters. The van der Waals surface area contributed by atoms with E-state index in [0.29, 0.717) is 0 Å². The first-order valence-corrected chi connectivity index (χ1v) is 10.2. The molecule has 0 aromatic heterocycles. The highest BCUT2D eigenvalue weighted by Crippen LogP contribution is 2.13. The van der Waals surface area contributed by atoms with E-state index in [2.05, 4.69) is 10.6 Å². The van der Waals surface area contributed by atoms with Crippen LogP contribution in [0.1, 0.15) is 103 Å². The predicted octanol–water partition coefficient (Wildman–Crippen LogP) is 5.67. The smallest absolute Gasteiger partial charge is 0.00519 e. The SMILES string of the molecule is CNCCCCCCCCCCCCCCCCCCNC. The third-order valence-electron chi connectivity index (χ3n) is 4.60. The minimum atomic E-state index is 1.19. The fourth-order valence-corrected chi connectivity index (χ4v) is 3.08. The Labute approximate surface area is 141 Å². The van der Waals surface area contributed by atoms with E-state index in [4.69, 9.17) is 0 Å². The van der Waals surface area contributed by atoms with Crippen molar-refractivity contribution >= 4 is 0 Å². The Bertz CT molecular complexity index is 163. The average Bonchev–Trinajstić information content (AvgIpc) is 2.54. The van der Waals surface area contributed by atoms with Crippen LogP contribution in [0.2, 0.25) is 0 Å². The van der Waals surface area contributed by atoms with Gasteiger partial charge in [-0.25, -0.2) is 0 Å². The lowest BCUT2D eigenvalue weighted by Gasteiger charge is -2.04. The average molecular weight is 313 g/mol. The highest BCUT2D eigenvalue weighted by atomic mass is 14.8. The number of unbranched alkanes of at least 4 members (excludes halogenated alkanes) is 15. The van der Waals surface area contributed by atoms with Crippen molar-refractivity contribution in [1.29, 1.82) is 0 Å². The summed E-state index contributed by atoms with van der Waals surface area (Å²) >= 11 is 0. The molecule has 0 amide bonds. The predicted molar refractivity (Wildman–Crippen MR) is 102 cm³/mol. The van der Waals surface area contributed by atoms with Gasteiger partial charge in [-0.05, 0) is 40.0 Å². The van der Waals surface area contributed by atoms with E-state index in [9.17, 15) is 0 Å². The van der Waals surface area contributed by atoms with Crippen LogP contribution in [0.4, 0.5) is 0 Å². The Morgan fingerprint density at radius 2 is 0.500 bits per heavy atom. The zero-order valence-electron chi connectivity index (χ0n) is 15.7. The van der Waals surface area contributed by atoms with Gasteiger partial charge in [0.05, 0.1) is 0 Å². The largest absolute Gasteiger partial charge is 0.320 e. The highest BCUT2D eigenvalue weighted by molar-refractivity contribution is 4.51. The van der Waals surface area contributed by atoms with Gasteiger partial charge < -0.3 is 10.6 Å². The summed E-state index contributed by atoms with van der Waals surface area (Å²) in [6.45, 7) is 2.38. The summed E-state index contributed by atoms with van der Waals surface area (Å²) in [6, 6.07) is 0. The van der Waals surface area contributed by atoms with Crippen molar-refractivity contribution in [2.75, 3.05) is 27.2 Å². The lowest BCUT2D eigenvalue weighted by molar-refractivity contribution is 0.525. The molecular formula is C20H44N2. The standard InChI is InChI=1S/C20H44N2/c1-21-19-17-15-13-11-9-7-5-3-4-6-8-10-12-14-16-18-20-22-2/h21-22H,3-20H2,1-2H3. The third kappa shape index (κ3) is 19.9. The van der Waals surface area contributed by atoms with Crippen LogP contribution in [-0.2, 0) is 0 Å². The van der Waals surface area contributed by atoms with E-state index in [0.717, 1.165) is 0 Å². The van der Waals surface area contributed by atoms with Crippen LogP contribution in [0.15, 0.2) is 0 Å². The van der Waals surface area contributed by atoms with Gasteiger partial charge in [0.15, 0.2) is 0 Å². The number of hydrogen-bond donors (Lipinski definition) is 2. The van der Waals surface area contributed by atoms with Crippen LogP contribution in [0, 0.1) is 0 Å². The van der Waals surface area contributed by atoms with Crippen LogP contribution < -0.4 is 10.6 Å². The van der Waals surface area contributed by atoms with Crippen molar-refractivity contribution in [3.63, 3.8) is 0 Å². The van der Waals surface area contributed by atoms with Crippen LogP contribution in [0.5, 0.6) is 0 Å². The van der Waals surface area contributed by atoms with Crippen molar-refractivity contribution in [3.05, 3.63) is 0 Å². The molecule has 0 atom stereocenters. The monoisotopic (exact) mass is 312 g/mol. The van der Waals surface area contributed by atoms with Crippen molar-refractivity contribution in [2.24, 2.45) is 0 Å². The fourth-order valence-electron chi connectivity index (χ4n) is 3.08. The summed E-state index contributed by atoms with van der Waals surface area (Å²) in [6.07, 6.45) is 23.1. The molecule has 0 spiro atoms. The maximum atomic E-state index is 3.22. The molecule has 0 aliphatic rings. The Balaban J connectivity index is 2.91. The molecule has 0 saturated heterocycles. The zero-order chi connectivity index (χ0) is 16.1. The summed E-state index contributed by atoms with van der Waals surface area (Å²) in [5, 5.41) is 6.44. The van der Waals surface area contributed by atoms with Gasteiger partial charge in [-0.2, -0.15) is 0 Å². The Morgan fingerprint density at radius 3 is 0.682 bits per heavy atom. The second-order valence-electron chi connectivity index (χ2n) is 6.86. The molecule has 22 heavy (non-hydrogen) atoms. The molecule has 0 aliphatic heterocycles. The van der Waals surface area contributed by atoms with E-state index >= 15 is 0 Å². The van der Waals surface area contributed by atoms with Gasteiger partial charge in [0.1, 0.15) is 0 Å². The van der Waals surface area contributed by atoms with Gasteiger partial charge in [0, 0.05) is 0 Å². The molecule has 2 heteroatoms. The summed E-state index contributed by atoms with van der Waals surface area (Å²) in [4.78, 5) is 0. The number of rotatable bonds is 19. The van der Waals surface area contributed by atoms with E-state index in [1.807, 2.05) is 14.1 Å². The third-order valence-corrected chi connectivity index (χ3v) is 4.60. The first kappa shape index (κ1) is 21.9. The van der Waals surface area contributed by atoms with Gasteiger partial charge in [0.25, 0.3) is 0 Å². The van der Waals surface area contributed by atoms with Crippen molar-refractivity contribution < 1.29 is 0 Å². The minimum Gasteiger partial charge on any atom is -0.320 e. The lowest BCUT2D eigenvalue weighted by atomic mass is 10.0. The molecule has 0 aromatic carbocycles. The summed E-state index contributed by atoms with van der Waals surface area (Å²) < 4.78 is 0. The second kappa shape index (κ2) is 20.9. The van der Waals surface area contributed by atoms with Crippen molar-refractivity contribution in [1.82, 2.24) is 10.6 Å². The zero-order valence-corrected chi connectivity index (χ0v) is 15.7. The van der Waals surface area contributed by atoms with E-state index in [1.165, 1.54) is 116 Å². The van der Waals surface area contributed by atoms with Gasteiger partial charge >= 0.3 is 0 Å². The quantitative estimate of drug-likeness (QED) is 0.300. The molecule has 0 aliphatic carbocycles. The Morgan fingerprint density at radius 1 is 0.318 bits per heavy atom. The number of nitrogens with one attached hydrogen (secondary N) is 2. The van der Waals surface area contributed by atoms with Gasteiger partial charge in [0.2, 0.25) is 0 Å². The first-order chi connectivity index (χ1) is 10.9. The maximum absolute atomic E-state index is 3.22. The topological polar surface area (TPSA) is 24.1 Å². The van der Waals surface area contributed by atoms with Gasteiger partial charge in [-0.1, -0.05) is 89.9 Å². The second-order valence-corrected chi connectivity index (χ2v) is 6.86. The van der Waals surface area contributed by atoms with E-state index < -0.39 is 0 Å². The van der Waals surface area contributed by atoms with Gasteiger partial charge in [-0.3, -0.25) is 0 Å². The number of hydrogen-bond acceptors (Lipinski definition) is 2. The normalized spacial score (nSPS) is 11.2. The molecule has 2 nitrogen and oxygen atoms in total. The fraction of sp³-hybridized carbons (Fsp3) is 1.00. The molecule has 0 aromatic rings. The van der Waals surface area contributed by atoms with Crippen LogP contribution >= 0.6 is 0 Å². The van der Waals surface area contributed by atoms with E-state index in [1.54, 1.807) is 0 Å². The molecule has 134 valence electrons. The molecule has 2 N–H and O–H groups in total. The first-order valence-electron chi connectivity index (χ1n) is 10.2.